The molecule has 3 rings (SSSR count). The van der Waals surface area contributed by atoms with Crippen LogP contribution < -0.4 is 4.90 Å². The van der Waals surface area contributed by atoms with Crippen LogP contribution in [-0.2, 0) is 5.41 Å². The zero-order chi connectivity index (χ0) is 16.3. The van der Waals surface area contributed by atoms with Crippen LogP contribution in [0.15, 0.2) is 42.7 Å². The van der Waals surface area contributed by atoms with Gasteiger partial charge in [-0.3, -0.25) is 0 Å². The molecule has 0 amide bonds. The number of anilines is 1. The van der Waals surface area contributed by atoms with Crippen molar-refractivity contribution in [2.45, 2.75) is 18.3 Å². The van der Waals surface area contributed by atoms with E-state index >= 15 is 0 Å². The van der Waals surface area contributed by atoms with Gasteiger partial charge in [-0.2, -0.15) is 0 Å². The number of aromatic nitrogens is 2. The van der Waals surface area contributed by atoms with Crippen LogP contribution in [0.5, 0.6) is 0 Å². The van der Waals surface area contributed by atoms with Gasteiger partial charge in [0, 0.05) is 18.5 Å². The molecular weight excluding hydrogens is 294 g/mol. The summed E-state index contributed by atoms with van der Waals surface area (Å²) < 4.78 is 0. The minimum Gasteiger partial charge on any atom is -0.476 e. The number of hydrogen-bond donors (Lipinski definition) is 2. The molecule has 120 valence electrons. The molecule has 1 aliphatic heterocycles. The summed E-state index contributed by atoms with van der Waals surface area (Å²) in [6, 6.07) is 10.1. The lowest BCUT2D eigenvalue weighted by Crippen LogP contribution is -2.45. The number of benzene rings is 1. The number of aromatic carboxylic acids is 1. The van der Waals surface area contributed by atoms with E-state index in [1.54, 1.807) is 0 Å². The first-order chi connectivity index (χ1) is 11.1. The zero-order valence-corrected chi connectivity index (χ0v) is 12.7. The number of aliphatic hydroxyl groups excluding tert-OH is 1. The Labute approximate surface area is 134 Å². The SMILES string of the molecule is O=C(O)c1cnc(N2CCC(CO)(c3ccccc3)CC2)cn1. The molecule has 23 heavy (non-hydrogen) atoms. The van der Waals surface area contributed by atoms with E-state index < -0.39 is 5.97 Å². The average molecular weight is 313 g/mol. The molecule has 0 unspecified atom stereocenters. The molecule has 1 saturated heterocycles. The lowest BCUT2D eigenvalue weighted by atomic mass is 9.73. The number of piperidine rings is 1. The summed E-state index contributed by atoms with van der Waals surface area (Å²) >= 11 is 0. The largest absolute Gasteiger partial charge is 0.476 e. The van der Waals surface area contributed by atoms with Gasteiger partial charge >= 0.3 is 5.97 Å². The highest BCUT2D eigenvalue weighted by atomic mass is 16.4. The predicted molar refractivity (Wildman–Crippen MR) is 85.6 cm³/mol. The van der Waals surface area contributed by atoms with E-state index in [4.69, 9.17) is 5.11 Å². The molecule has 0 spiro atoms. The Morgan fingerprint density at radius 3 is 2.35 bits per heavy atom. The Kier molecular flexibility index (Phi) is 4.25. The Bertz CT molecular complexity index is 665. The van der Waals surface area contributed by atoms with Crippen molar-refractivity contribution >= 4 is 11.8 Å². The number of carbonyl (C=O) groups is 1. The van der Waals surface area contributed by atoms with E-state index in [1.807, 2.05) is 18.2 Å². The molecule has 1 aromatic heterocycles. The van der Waals surface area contributed by atoms with Crippen molar-refractivity contribution in [1.82, 2.24) is 9.97 Å². The molecule has 6 heteroatoms. The van der Waals surface area contributed by atoms with Crippen molar-refractivity contribution in [2.24, 2.45) is 0 Å². The zero-order valence-electron chi connectivity index (χ0n) is 12.7. The van der Waals surface area contributed by atoms with Crippen molar-refractivity contribution < 1.29 is 15.0 Å². The quantitative estimate of drug-likeness (QED) is 0.893. The second-order valence-corrected chi connectivity index (χ2v) is 5.86. The normalized spacial score (nSPS) is 17.0. The van der Waals surface area contributed by atoms with E-state index in [9.17, 15) is 9.90 Å². The molecule has 2 aromatic rings. The minimum absolute atomic E-state index is 0.0558. The van der Waals surface area contributed by atoms with Crippen LogP contribution in [0.2, 0.25) is 0 Å². The molecule has 0 radical (unpaired) electrons. The lowest BCUT2D eigenvalue weighted by molar-refractivity contribution is 0.0690. The Morgan fingerprint density at radius 1 is 1.13 bits per heavy atom. The van der Waals surface area contributed by atoms with Crippen LogP contribution in [0.1, 0.15) is 28.9 Å². The summed E-state index contributed by atoms with van der Waals surface area (Å²) in [4.78, 5) is 21.0. The minimum atomic E-state index is -1.08. The highest BCUT2D eigenvalue weighted by Gasteiger charge is 2.36. The second-order valence-electron chi connectivity index (χ2n) is 5.86. The van der Waals surface area contributed by atoms with Gasteiger partial charge in [0.25, 0.3) is 0 Å². The van der Waals surface area contributed by atoms with Gasteiger partial charge < -0.3 is 15.1 Å². The average Bonchev–Trinajstić information content (AvgIpc) is 2.62. The smallest absolute Gasteiger partial charge is 0.356 e. The first kappa shape index (κ1) is 15.4. The fourth-order valence-electron chi connectivity index (χ4n) is 3.09. The fourth-order valence-corrected chi connectivity index (χ4v) is 3.09. The maximum absolute atomic E-state index is 10.8. The molecule has 0 bridgehead atoms. The fraction of sp³-hybridized carbons (Fsp3) is 0.353. The predicted octanol–water partition coefficient (Wildman–Crippen LogP) is 1.71. The molecule has 1 fully saturated rings. The van der Waals surface area contributed by atoms with Crippen molar-refractivity contribution in [3.05, 3.63) is 54.0 Å². The number of nitrogens with zero attached hydrogens (tertiary/aromatic N) is 3. The van der Waals surface area contributed by atoms with Gasteiger partial charge in [0.15, 0.2) is 5.69 Å². The number of hydrogen-bond acceptors (Lipinski definition) is 5. The standard InChI is InChI=1S/C17H19N3O3/c21-12-17(13-4-2-1-3-5-13)6-8-20(9-7-17)15-11-18-14(10-19-15)16(22)23/h1-5,10-11,21H,6-9,12H2,(H,22,23). The number of carboxylic acids is 1. The van der Waals surface area contributed by atoms with Gasteiger partial charge in [-0.05, 0) is 18.4 Å². The third-order valence-corrected chi connectivity index (χ3v) is 4.59. The Balaban J connectivity index is 1.73. The molecule has 6 nitrogen and oxygen atoms in total. The number of rotatable bonds is 4. The van der Waals surface area contributed by atoms with Crippen molar-refractivity contribution in [1.29, 1.82) is 0 Å². The van der Waals surface area contributed by atoms with Crippen LogP contribution in [0.3, 0.4) is 0 Å². The van der Waals surface area contributed by atoms with Crippen LogP contribution in [0.4, 0.5) is 5.82 Å². The van der Waals surface area contributed by atoms with E-state index in [2.05, 4.69) is 27.0 Å². The van der Waals surface area contributed by atoms with Crippen LogP contribution in [0.25, 0.3) is 0 Å². The molecule has 0 aliphatic carbocycles. The summed E-state index contributed by atoms with van der Waals surface area (Å²) in [5.41, 5.74) is 0.890. The van der Waals surface area contributed by atoms with Gasteiger partial charge in [0.2, 0.25) is 0 Å². The van der Waals surface area contributed by atoms with Crippen LogP contribution in [-0.4, -0.2) is 45.8 Å². The molecule has 2 heterocycles. The summed E-state index contributed by atoms with van der Waals surface area (Å²) in [6.45, 7) is 1.61. The monoisotopic (exact) mass is 313 g/mol. The van der Waals surface area contributed by atoms with E-state index in [0.29, 0.717) is 5.82 Å². The lowest BCUT2D eigenvalue weighted by Gasteiger charge is -2.41. The van der Waals surface area contributed by atoms with Gasteiger partial charge in [-0.15, -0.1) is 0 Å². The Hall–Kier alpha value is -2.47. The first-order valence-corrected chi connectivity index (χ1v) is 7.61. The van der Waals surface area contributed by atoms with Gasteiger partial charge in [0.05, 0.1) is 19.0 Å². The third kappa shape index (κ3) is 3.03. The highest BCUT2D eigenvalue weighted by molar-refractivity contribution is 5.84. The molecule has 1 aromatic carbocycles. The first-order valence-electron chi connectivity index (χ1n) is 7.61. The summed E-state index contributed by atoms with van der Waals surface area (Å²) in [5, 5.41) is 18.8. The second kappa shape index (κ2) is 6.34. The molecule has 2 N–H and O–H groups in total. The van der Waals surface area contributed by atoms with Gasteiger partial charge in [-0.1, -0.05) is 30.3 Å². The topological polar surface area (TPSA) is 86.5 Å². The van der Waals surface area contributed by atoms with Crippen molar-refractivity contribution in [2.75, 3.05) is 24.6 Å². The van der Waals surface area contributed by atoms with Crippen molar-refractivity contribution in [3.63, 3.8) is 0 Å². The number of carboxylic acid groups (broad SMARTS) is 1. The van der Waals surface area contributed by atoms with Crippen LogP contribution in [0, 0.1) is 0 Å². The number of aliphatic hydroxyl groups is 1. The molecular formula is C17H19N3O3. The van der Waals surface area contributed by atoms with Gasteiger partial charge in [-0.25, -0.2) is 14.8 Å². The summed E-state index contributed by atoms with van der Waals surface area (Å²) in [5.74, 6) is -0.402. The highest BCUT2D eigenvalue weighted by Crippen LogP contribution is 2.35. The third-order valence-electron chi connectivity index (χ3n) is 4.59. The Morgan fingerprint density at radius 2 is 1.83 bits per heavy atom. The van der Waals surface area contributed by atoms with Crippen molar-refractivity contribution in [3.8, 4) is 0 Å². The summed E-state index contributed by atoms with van der Waals surface area (Å²) in [7, 11) is 0. The maximum Gasteiger partial charge on any atom is 0.356 e. The van der Waals surface area contributed by atoms with E-state index in [1.165, 1.54) is 12.4 Å². The molecule has 1 aliphatic rings. The van der Waals surface area contributed by atoms with Crippen LogP contribution >= 0.6 is 0 Å². The van der Waals surface area contributed by atoms with E-state index in [0.717, 1.165) is 31.5 Å². The molecule has 0 saturated carbocycles. The van der Waals surface area contributed by atoms with E-state index in [-0.39, 0.29) is 17.7 Å². The maximum atomic E-state index is 10.8. The molecule has 0 atom stereocenters. The van der Waals surface area contributed by atoms with Gasteiger partial charge in [0.1, 0.15) is 5.82 Å². The summed E-state index contributed by atoms with van der Waals surface area (Å²) in [6.07, 6.45) is 4.41.